The van der Waals surface area contributed by atoms with Crippen molar-refractivity contribution in [3.05, 3.63) is 0 Å². The minimum Gasteiger partial charge on any atom is -0.304 e. The maximum Gasteiger partial charge on any atom is 0.0220 e. The second-order valence-electron chi connectivity index (χ2n) is 4.04. The zero-order valence-electron chi connectivity index (χ0n) is 10.7. The number of nitrogens with zero attached hydrogens (tertiary/aromatic N) is 2. The van der Waals surface area contributed by atoms with Crippen LogP contribution in [0.1, 0.15) is 40.0 Å². The number of hydrogen-bond donors (Lipinski definition) is 0. The van der Waals surface area contributed by atoms with Crippen molar-refractivity contribution >= 4 is 0 Å². The average molecular weight is 200 g/mol. The molecule has 1 aliphatic heterocycles. The summed E-state index contributed by atoms with van der Waals surface area (Å²) in [6.07, 6.45) is 4.08. The molecule has 2 heteroatoms. The van der Waals surface area contributed by atoms with Crippen molar-refractivity contribution in [1.82, 2.24) is 9.80 Å². The third-order valence-electron chi connectivity index (χ3n) is 2.87. The van der Waals surface area contributed by atoms with Crippen LogP contribution in [0.15, 0.2) is 0 Å². The van der Waals surface area contributed by atoms with E-state index in [1.807, 2.05) is 13.8 Å². The standard InChI is InChI=1S/C10H22N2.C2H6/c1-4-5-6-10-9-11(2)7-8-12(10)3;1-2/h10H,4-9H2,1-3H3;1-2H3/t10-;/m1./s1. The Morgan fingerprint density at radius 3 is 2.36 bits per heavy atom. The lowest BCUT2D eigenvalue weighted by Crippen LogP contribution is -2.49. The van der Waals surface area contributed by atoms with Gasteiger partial charge in [-0.25, -0.2) is 0 Å². The molecular weight excluding hydrogens is 172 g/mol. The maximum absolute atomic E-state index is 2.51. The molecule has 0 amide bonds. The first-order valence-corrected chi connectivity index (χ1v) is 6.12. The van der Waals surface area contributed by atoms with Crippen LogP contribution < -0.4 is 0 Å². The van der Waals surface area contributed by atoms with E-state index in [2.05, 4.69) is 30.8 Å². The van der Waals surface area contributed by atoms with E-state index in [9.17, 15) is 0 Å². The Balaban J connectivity index is 0.000000791. The quantitative estimate of drug-likeness (QED) is 0.690. The number of piperazine rings is 1. The van der Waals surface area contributed by atoms with Gasteiger partial charge in [0.2, 0.25) is 0 Å². The first-order valence-electron chi connectivity index (χ1n) is 6.12. The zero-order valence-corrected chi connectivity index (χ0v) is 10.7. The van der Waals surface area contributed by atoms with E-state index in [4.69, 9.17) is 0 Å². The molecule has 2 nitrogen and oxygen atoms in total. The van der Waals surface area contributed by atoms with Crippen molar-refractivity contribution in [2.45, 2.75) is 46.1 Å². The average Bonchev–Trinajstić information content (AvgIpc) is 2.22. The van der Waals surface area contributed by atoms with Gasteiger partial charge >= 0.3 is 0 Å². The van der Waals surface area contributed by atoms with Gasteiger partial charge in [-0.3, -0.25) is 0 Å². The molecule has 0 aromatic rings. The molecular formula is C12H28N2. The molecule has 1 atom stereocenters. The van der Waals surface area contributed by atoms with Crippen LogP contribution in [-0.4, -0.2) is 49.6 Å². The molecule has 0 radical (unpaired) electrons. The molecule has 1 heterocycles. The van der Waals surface area contributed by atoms with Crippen molar-refractivity contribution < 1.29 is 0 Å². The lowest BCUT2D eigenvalue weighted by atomic mass is 10.1. The van der Waals surface area contributed by atoms with E-state index in [-0.39, 0.29) is 0 Å². The maximum atomic E-state index is 2.51. The lowest BCUT2D eigenvalue weighted by molar-refractivity contribution is 0.107. The van der Waals surface area contributed by atoms with Gasteiger partial charge in [0.1, 0.15) is 0 Å². The molecule has 0 aromatic carbocycles. The van der Waals surface area contributed by atoms with E-state index >= 15 is 0 Å². The predicted octanol–water partition coefficient (Wildman–Crippen LogP) is 2.45. The summed E-state index contributed by atoms with van der Waals surface area (Å²) in [5.74, 6) is 0. The van der Waals surface area contributed by atoms with E-state index in [1.54, 1.807) is 0 Å². The first-order chi connectivity index (χ1) is 6.74. The summed E-state index contributed by atoms with van der Waals surface area (Å²) in [5, 5.41) is 0. The molecule has 0 saturated carbocycles. The highest BCUT2D eigenvalue weighted by molar-refractivity contribution is 4.77. The van der Waals surface area contributed by atoms with E-state index in [1.165, 1.54) is 38.9 Å². The molecule has 86 valence electrons. The van der Waals surface area contributed by atoms with Gasteiger partial charge in [0.25, 0.3) is 0 Å². The number of hydrogen-bond acceptors (Lipinski definition) is 2. The van der Waals surface area contributed by atoms with Crippen LogP contribution in [0.5, 0.6) is 0 Å². The molecule has 0 aromatic heterocycles. The Bertz CT molecular complexity index is 125. The second kappa shape index (κ2) is 8.25. The van der Waals surface area contributed by atoms with Crippen molar-refractivity contribution in [3.63, 3.8) is 0 Å². The van der Waals surface area contributed by atoms with Crippen molar-refractivity contribution in [3.8, 4) is 0 Å². The Labute approximate surface area is 90.3 Å². The van der Waals surface area contributed by atoms with Crippen LogP contribution in [0, 0.1) is 0 Å². The van der Waals surface area contributed by atoms with Gasteiger partial charge in [-0.15, -0.1) is 0 Å². The first kappa shape index (κ1) is 13.9. The fourth-order valence-electron chi connectivity index (χ4n) is 1.85. The molecule has 1 rings (SSSR count). The molecule has 1 saturated heterocycles. The van der Waals surface area contributed by atoms with Gasteiger partial charge in [-0.2, -0.15) is 0 Å². The highest BCUT2D eigenvalue weighted by atomic mass is 15.3. The summed E-state index contributed by atoms with van der Waals surface area (Å²) in [6, 6.07) is 0.809. The summed E-state index contributed by atoms with van der Waals surface area (Å²) in [6.45, 7) is 10.0. The molecule has 0 spiro atoms. The Hall–Kier alpha value is -0.0800. The third kappa shape index (κ3) is 4.97. The van der Waals surface area contributed by atoms with Crippen LogP contribution in [-0.2, 0) is 0 Å². The summed E-state index contributed by atoms with van der Waals surface area (Å²) in [7, 11) is 4.49. The highest BCUT2D eigenvalue weighted by Crippen LogP contribution is 2.12. The van der Waals surface area contributed by atoms with Crippen LogP contribution in [0.25, 0.3) is 0 Å². The topological polar surface area (TPSA) is 6.48 Å². The minimum atomic E-state index is 0.809. The SMILES string of the molecule is CC.CCCC[C@@H]1CN(C)CCN1C. The summed E-state index contributed by atoms with van der Waals surface area (Å²) >= 11 is 0. The Morgan fingerprint density at radius 1 is 1.14 bits per heavy atom. The van der Waals surface area contributed by atoms with E-state index in [0.29, 0.717) is 0 Å². The molecule has 0 unspecified atom stereocenters. The van der Waals surface area contributed by atoms with Crippen LogP contribution in [0.4, 0.5) is 0 Å². The molecule has 1 fully saturated rings. The van der Waals surface area contributed by atoms with Crippen molar-refractivity contribution in [2.24, 2.45) is 0 Å². The van der Waals surface area contributed by atoms with Gasteiger partial charge in [-0.1, -0.05) is 33.6 Å². The smallest absolute Gasteiger partial charge is 0.0220 e. The van der Waals surface area contributed by atoms with E-state index in [0.717, 1.165) is 6.04 Å². The predicted molar refractivity (Wildman–Crippen MR) is 64.8 cm³/mol. The largest absolute Gasteiger partial charge is 0.304 e. The molecule has 14 heavy (non-hydrogen) atoms. The second-order valence-corrected chi connectivity index (χ2v) is 4.04. The summed E-state index contributed by atoms with van der Waals surface area (Å²) < 4.78 is 0. The summed E-state index contributed by atoms with van der Waals surface area (Å²) in [5.41, 5.74) is 0. The Kier molecular flexibility index (Phi) is 8.20. The molecule has 1 aliphatic rings. The Morgan fingerprint density at radius 2 is 1.79 bits per heavy atom. The van der Waals surface area contributed by atoms with Crippen LogP contribution >= 0.6 is 0 Å². The number of likely N-dealkylation sites (N-methyl/N-ethyl adjacent to an activating group) is 2. The highest BCUT2D eigenvalue weighted by Gasteiger charge is 2.20. The normalized spacial score (nSPS) is 24.2. The van der Waals surface area contributed by atoms with Gasteiger partial charge in [0, 0.05) is 25.7 Å². The van der Waals surface area contributed by atoms with Gasteiger partial charge in [0.15, 0.2) is 0 Å². The molecule has 0 aliphatic carbocycles. The lowest BCUT2D eigenvalue weighted by Gasteiger charge is -2.37. The zero-order chi connectivity index (χ0) is 11.0. The molecule has 0 N–H and O–H groups in total. The molecule has 0 bridgehead atoms. The third-order valence-corrected chi connectivity index (χ3v) is 2.87. The fraction of sp³-hybridized carbons (Fsp3) is 1.00. The van der Waals surface area contributed by atoms with E-state index < -0.39 is 0 Å². The minimum absolute atomic E-state index is 0.809. The number of rotatable bonds is 3. The van der Waals surface area contributed by atoms with Crippen LogP contribution in [0.2, 0.25) is 0 Å². The van der Waals surface area contributed by atoms with Gasteiger partial charge in [-0.05, 0) is 20.5 Å². The number of unbranched alkanes of at least 4 members (excludes halogenated alkanes) is 1. The fourth-order valence-corrected chi connectivity index (χ4v) is 1.85. The van der Waals surface area contributed by atoms with Crippen molar-refractivity contribution in [2.75, 3.05) is 33.7 Å². The van der Waals surface area contributed by atoms with Gasteiger partial charge < -0.3 is 9.80 Å². The van der Waals surface area contributed by atoms with Gasteiger partial charge in [0.05, 0.1) is 0 Å². The monoisotopic (exact) mass is 200 g/mol. The summed E-state index contributed by atoms with van der Waals surface area (Å²) in [4.78, 5) is 4.95. The van der Waals surface area contributed by atoms with Crippen LogP contribution in [0.3, 0.4) is 0 Å². The van der Waals surface area contributed by atoms with Crippen molar-refractivity contribution in [1.29, 1.82) is 0 Å².